The number of rotatable bonds is 4. The number of hydrogen-bond acceptors (Lipinski definition) is 2. The summed E-state index contributed by atoms with van der Waals surface area (Å²) >= 11 is 0. The molecule has 0 saturated carbocycles. The number of para-hydroxylation sites is 5. The fraction of sp³-hybridized carbons (Fsp3) is 0.0351. The van der Waals surface area contributed by atoms with Gasteiger partial charge in [0.25, 0.3) is 0 Å². The number of nitrogens with zero attached hydrogens (tertiary/aromatic N) is 4. The number of aryl methyl sites for hydroxylation is 1. The molecule has 0 radical (unpaired) electrons. The van der Waals surface area contributed by atoms with E-state index in [4.69, 9.17) is 0 Å². The molecule has 5 heteroatoms. The summed E-state index contributed by atoms with van der Waals surface area (Å²) in [6.45, 7) is 0. The normalized spacial score (nSPS) is 13.5. The number of fused-ring (bicyclic) bond motifs is 10. The molecule has 62 heavy (non-hydrogen) atoms. The van der Waals surface area contributed by atoms with Crippen molar-refractivity contribution in [2.45, 2.75) is 6.04 Å². The van der Waals surface area contributed by atoms with Crippen LogP contribution in [-0.2, 0) is 7.05 Å². The van der Waals surface area contributed by atoms with Gasteiger partial charge in [0.15, 0.2) is 0 Å². The predicted octanol–water partition coefficient (Wildman–Crippen LogP) is 14.4. The van der Waals surface area contributed by atoms with Crippen molar-refractivity contribution in [3.63, 3.8) is 0 Å². The van der Waals surface area contributed by atoms with Crippen molar-refractivity contribution in [2.24, 2.45) is 12.0 Å². The van der Waals surface area contributed by atoms with Crippen LogP contribution in [0.5, 0.6) is 0 Å². The molecule has 12 aromatic rings. The molecule has 0 aliphatic carbocycles. The summed E-state index contributed by atoms with van der Waals surface area (Å²) in [6, 6.07) is 76.3. The first-order valence-electron chi connectivity index (χ1n) is 21.2. The average molecular weight is 796 g/mol. The monoisotopic (exact) mass is 795 g/mol. The summed E-state index contributed by atoms with van der Waals surface area (Å²) in [7, 11) is 2.19. The van der Waals surface area contributed by atoms with E-state index in [9.17, 15) is 0 Å². The Kier molecular flexibility index (Phi) is 8.39. The minimum atomic E-state index is 0.124. The van der Waals surface area contributed by atoms with E-state index in [0.29, 0.717) is 0 Å². The van der Waals surface area contributed by atoms with Crippen molar-refractivity contribution in [1.29, 1.82) is 0 Å². The third-order valence-corrected chi connectivity index (χ3v) is 12.6. The fourth-order valence-corrected chi connectivity index (χ4v) is 9.74. The first-order valence-corrected chi connectivity index (χ1v) is 21.2. The van der Waals surface area contributed by atoms with Crippen LogP contribution in [0.1, 0.15) is 17.2 Å². The highest BCUT2D eigenvalue weighted by atomic mass is 15.0. The zero-order chi connectivity index (χ0) is 41.1. The van der Waals surface area contributed by atoms with Gasteiger partial charge < -0.3 is 19.0 Å². The summed E-state index contributed by atoms with van der Waals surface area (Å²) in [4.78, 5) is 4.50. The molecule has 0 fully saturated rings. The second kappa shape index (κ2) is 14.5. The summed E-state index contributed by atoms with van der Waals surface area (Å²) in [5, 5.41) is 10.8. The molecule has 1 atom stereocenters. The van der Waals surface area contributed by atoms with E-state index in [-0.39, 0.29) is 6.04 Å². The van der Waals surface area contributed by atoms with Crippen LogP contribution in [-0.4, -0.2) is 20.0 Å². The van der Waals surface area contributed by atoms with Crippen molar-refractivity contribution in [3.8, 4) is 22.5 Å². The third-order valence-electron chi connectivity index (χ3n) is 12.6. The quantitative estimate of drug-likeness (QED) is 0.189. The smallest absolute Gasteiger partial charge is 0.104 e. The lowest BCUT2D eigenvalue weighted by atomic mass is 9.97. The lowest BCUT2D eigenvalue weighted by Gasteiger charge is -2.21. The Morgan fingerprint density at radius 2 is 0.871 bits per heavy atom. The highest BCUT2D eigenvalue weighted by Gasteiger charge is 2.20. The van der Waals surface area contributed by atoms with Gasteiger partial charge in [0, 0.05) is 67.5 Å². The largest absolute Gasteiger partial charge is 0.346 e. The van der Waals surface area contributed by atoms with E-state index in [1.165, 1.54) is 99.0 Å². The van der Waals surface area contributed by atoms with Gasteiger partial charge in [0.1, 0.15) is 6.04 Å². The molecule has 5 nitrogen and oxygen atoms in total. The van der Waals surface area contributed by atoms with Gasteiger partial charge in [-0.15, -0.1) is 0 Å². The van der Waals surface area contributed by atoms with E-state index >= 15 is 0 Å². The molecule has 1 aliphatic rings. The molecule has 0 saturated heterocycles. The summed E-state index contributed by atoms with van der Waals surface area (Å²) < 4.78 is 7.12. The summed E-state index contributed by atoms with van der Waals surface area (Å²) in [5.41, 5.74) is 15.8. The van der Waals surface area contributed by atoms with Crippen LogP contribution in [0.15, 0.2) is 217 Å². The van der Waals surface area contributed by atoms with Gasteiger partial charge in [-0.25, -0.2) is 0 Å². The maximum Gasteiger partial charge on any atom is 0.104 e. The third kappa shape index (κ3) is 5.74. The average Bonchev–Trinajstić information content (AvgIpc) is 3.95. The van der Waals surface area contributed by atoms with Crippen molar-refractivity contribution >= 4 is 77.4 Å². The maximum atomic E-state index is 4.50. The fourth-order valence-electron chi connectivity index (χ4n) is 9.74. The van der Waals surface area contributed by atoms with E-state index in [2.05, 4.69) is 231 Å². The number of aromatic nitrogens is 3. The van der Waals surface area contributed by atoms with Crippen LogP contribution in [0, 0.1) is 0 Å². The first kappa shape index (κ1) is 35.8. The van der Waals surface area contributed by atoms with Gasteiger partial charge in [-0.3, -0.25) is 4.99 Å². The van der Waals surface area contributed by atoms with Gasteiger partial charge in [-0.1, -0.05) is 133 Å². The van der Waals surface area contributed by atoms with E-state index in [0.717, 1.165) is 5.69 Å². The molecule has 0 bridgehead atoms. The van der Waals surface area contributed by atoms with Gasteiger partial charge in [0.05, 0.1) is 33.9 Å². The predicted molar refractivity (Wildman–Crippen MR) is 261 cm³/mol. The molecule has 1 aliphatic heterocycles. The Morgan fingerprint density at radius 1 is 0.387 bits per heavy atom. The second-order valence-electron chi connectivity index (χ2n) is 16.1. The zero-order valence-electron chi connectivity index (χ0n) is 34.2. The number of aliphatic imine (C=N–C) groups is 1. The molecule has 0 spiro atoms. The van der Waals surface area contributed by atoms with Crippen LogP contribution in [0.3, 0.4) is 0 Å². The van der Waals surface area contributed by atoms with Gasteiger partial charge >= 0.3 is 0 Å². The Morgan fingerprint density at radius 3 is 1.53 bits per heavy atom. The molecule has 294 valence electrons. The SMILES string of the molecule is C1=NC(c2ccccc2)c2ccccc2N1.Cn1c2ccc(-c3ccc4c(c3)c3ccccc3n4-c3ccccc3)cc2c2cc3c4ccccc4n(-c4ccccc4)c3cc21. The lowest BCUT2D eigenvalue weighted by Crippen LogP contribution is -2.10. The van der Waals surface area contributed by atoms with Gasteiger partial charge in [-0.05, 0) is 95.6 Å². The van der Waals surface area contributed by atoms with Gasteiger partial charge in [-0.2, -0.15) is 0 Å². The Hall–Kier alpha value is -8.15. The molecule has 1 N–H and O–H groups in total. The second-order valence-corrected chi connectivity index (χ2v) is 16.1. The van der Waals surface area contributed by atoms with Crippen LogP contribution >= 0.6 is 0 Å². The Bertz CT molecular complexity index is 3670. The summed E-state index contributed by atoms with van der Waals surface area (Å²) in [6.07, 6.45) is 1.78. The zero-order valence-corrected chi connectivity index (χ0v) is 34.2. The maximum absolute atomic E-state index is 4.50. The van der Waals surface area contributed by atoms with Crippen molar-refractivity contribution < 1.29 is 0 Å². The topological polar surface area (TPSA) is 39.2 Å². The van der Waals surface area contributed by atoms with Crippen LogP contribution in [0.2, 0.25) is 0 Å². The van der Waals surface area contributed by atoms with E-state index in [1.807, 2.05) is 12.1 Å². The molecule has 13 rings (SSSR count). The number of nitrogens with one attached hydrogen (secondary N) is 1. The molecule has 0 amide bonds. The first-order chi connectivity index (χ1) is 30.7. The molecule has 9 aromatic carbocycles. The van der Waals surface area contributed by atoms with Gasteiger partial charge in [0.2, 0.25) is 0 Å². The standard InChI is InChI=1S/C43H29N3.C14H12N2/c1-44-38-22-20-28(29-21-23-41-34(24-29)32-16-8-10-18-39(32)45(41)30-12-4-2-5-13-30)25-35(38)37-26-36-33-17-9-11-19-40(33)46(43(36)27-42(37)44)31-14-6-3-7-15-31;1-2-6-11(7-3-1)14-12-8-4-5-9-13(12)15-10-16-14/h2-27H,1H3;1-10,14H,(H,15,16). The van der Waals surface area contributed by atoms with Crippen molar-refractivity contribution in [1.82, 2.24) is 13.7 Å². The minimum Gasteiger partial charge on any atom is -0.346 e. The number of anilines is 1. The Labute approximate surface area is 359 Å². The van der Waals surface area contributed by atoms with Crippen LogP contribution in [0.25, 0.3) is 87.9 Å². The highest BCUT2D eigenvalue weighted by Crippen LogP contribution is 2.41. The molecular weight excluding hydrogens is 755 g/mol. The number of benzene rings is 9. The molecule has 3 aromatic heterocycles. The Balaban J connectivity index is 0.000000215. The highest BCUT2D eigenvalue weighted by molar-refractivity contribution is 6.19. The van der Waals surface area contributed by atoms with Crippen LogP contribution in [0.4, 0.5) is 5.69 Å². The molecule has 1 unspecified atom stereocenters. The minimum absolute atomic E-state index is 0.124. The van der Waals surface area contributed by atoms with E-state index in [1.54, 1.807) is 6.34 Å². The van der Waals surface area contributed by atoms with Crippen LogP contribution < -0.4 is 5.32 Å². The summed E-state index contributed by atoms with van der Waals surface area (Å²) in [5.74, 6) is 0. The van der Waals surface area contributed by atoms with E-state index < -0.39 is 0 Å². The van der Waals surface area contributed by atoms with Crippen molar-refractivity contribution in [3.05, 3.63) is 223 Å². The molecule has 4 heterocycles. The van der Waals surface area contributed by atoms with Crippen molar-refractivity contribution in [2.75, 3.05) is 5.32 Å². The number of hydrogen-bond donors (Lipinski definition) is 1. The lowest BCUT2D eigenvalue weighted by molar-refractivity contribution is 0.870. The molecular formula is C57H41N5.